The minimum atomic E-state index is 0.523. The van der Waals surface area contributed by atoms with Crippen molar-refractivity contribution >= 4 is 0 Å². The number of nitrogens with one attached hydrogen (secondary N) is 1. The Labute approximate surface area is 110 Å². The maximum Gasteiger partial charge on any atom is 0.153 e. The Hall–Kier alpha value is -0.900. The number of hydrogen-bond acceptors (Lipinski definition) is 3. The van der Waals surface area contributed by atoms with Crippen molar-refractivity contribution in [2.75, 3.05) is 6.54 Å². The fourth-order valence-corrected chi connectivity index (χ4v) is 2.97. The molecule has 18 heavy (non-hydrogen) atoms. The first-order valence-corrected chi connectivity index (χ1v) is 7.30. The molecule has 0 amide bonds. The van der Waals surface area contributed by atoms with E-state index in [0.717, 1.165) is 31.0 Å². The highest BCUT2D eigenvalue weighted by atomic mass is 15.2. The third kappa shape index (κ3) is 3.55. The third-order valence-electron chi connectivity index (χ3n) is 3.89. The molecule has 0 aromatic carbocycles. The normalized spacial score (nSPS) is 18.7. The molecule has 4 heteroatoms. The second-order valence-electron chi connectivity index (χ2n) is 6.06. The maximum atomic E-state index is 5.84. The molecule has 1 fully saturated rings. The lowest BCUT2D eigenvalue weighted by molar-refractivity contribution is 0.409. The molecule has 1 aromatic heterocycles. The van der Waals surface area contributed by atoms with Crippen molar-refractivity contribution in [3.63, 3.8) is 0 Å². The minimum Gasteiger partial charge on any atom is -0.330 e. The quantitative estimate of drug-likeness (QED) is 0.815. The van der Waals surface area contributed by atoms with Crippen molar-refractivity contribution in [3.8, 4) is 0 Å². The van der Waals surface area contributed by atoms with Gasteiger partial charge in [0.25, 0.3) is 0 Å². The predicted molar refractivity (Wildman–Crippen MR) is 73.3 cm³/mol. The van der Waals surface area contributed by atoms with Crippen LogP contribution in [0.25, 0.3) is 0 Å². The second-order valence-corrected chi connectivity index (χ2v) is 6.06. The summed E-state index contributed by atoms with van der Waals surface area (Å²) in [4.78, 5) is 4.67. The topological polar surface area (TPSA) is 67.6 Å². The average Bonchev–Trinajstić information content (AvgIpc) is 2.97. The molecule has 2 rings (SSSR count). The predicted octanol–water partition coefficient (Wildman–Crippen LogP) is 2.63. The Balaban J connectivity index is 1.92. The lowest BCUT2D eigenvalue weighted by Crippen LogP contribution is -2.19. The highest BCUT2D eigenvalue weighted by Crippen LogP contribution is 2.32. The van der Waals surface area contributed by atoms with Crippen LogP contribution in [0.2, 0.25) is 0 Å². The maximum absolute atomic E-state index is 5.84. The molecule has 1 heterocycles. The first-order chi connectivity index (χ1) is 8.69. The zero-order valence-corrected chi connectivity index (χ0v) is 11.7. The number of nitrogens with zero attached hydrogens (tertiary/aromatic N) is 2. The van der Waals surface area contributed by atoms with Gasteiger partial charge in [0.05, 0.1) is 0 Å². The molecule has 1 aromatic rings. The summed E-state index contributed by atoms with van der Waals surface area (Å²) in [6.07, 6.45) is 7.26. The van der Waals surface area contributed by atoms with Gasteiger partial charge < -0.3 is 5.73 Å². The van der Waals surface area contributed by atoms with Gasteiger partial charge in [-0.2, -0.15) is 5.10 Å². The van der Waals surface area contributed by atoms with Crippen LogP contribution in [0.3, 0.4) is 0 Å². The van der Waals surface area contributed by atoms with E-state index >= 15 is 0 Å². The molecule has 3 N–H and O–H groups in total. The summed E-state index contributed by atoms with van der Waals surface area (Å²) in [5.41, 5.74) is 5.84. The number of aromatic amines is 1. The Morgan fingerprint density at radius 1 is 1.33 bits per heavy atom. The summed E-state index contributed by atoms with van der Waals surface area (Å²) in [7, 11) is 0. The van der Waals surface area contributed by atoms with Crippen LogP contribution in [-0.4, -0.2) is 21.7 Å². The molecule has 4 nitrogen and oxygen atoms in total. The van der Waals surface area contributed by atoms with E-state index in [4.69, 9.17) is 5.73 Å². The number of H-pyrrole nitrogens is 1. The summed E-state index contributed by atoms with van der Waals surface area (Å²) in [5.74, 6) is 3.86. The number of aromatic nitrogens is 3. The summed E-state index contributed by atoms with van der Waals surface area (Å²) in [5, 5.41) is 7.49. The largest absolute Gasteiger partial charge is 0.330 e. The van der Waals surface area contributed by atoms with Crippen molar-refractivity contribution in [2.24, 2.45) is 17.6 Å². The fraction of sp³-hybridized carbons (Fsp3) is 0.857. The number of rotatable bonds is 6. The Morgan fingerprint density at radius 2 is 2.06 bits per heavy atom. The monoisotopic (exact) mass is 250 g/mol. The molecule has 1 aliphatic carbocycles. The number of nitrogens with two attached hydrogens (primary N) is 1. The Kier molecular flexibility index (Phi) is 4.75. The Bertz CT molecular complexity index is 352. The molecule has 0 radical (unpaired) electrons. The molecule has 1 atom stereocenters. The lowest BCUT2D eigenvalue weighted by atomic mass is 9.94. The molecule has 0 unspecified atom stereocenters. The van der Waals surface area contributed by atoms with E-state index in [1.54, 1.807) is 0 Å². The summed E-state index contributed by atoms with van der Waals surface area (Å²) >= 11 is 0. The average molecular weight is 250 g/mol. The highest BCUT2D eigenvalue weighted by molar-refractivity contribution is 5.00. The van der Waals surface area contributed by atoms with Gasteiger partial charge >= 0.3 is 0 Å². The fourth-order valence-electron chi connectivity index (χ4n) is 2.97. The van der Waals surface area contributed by atoms with E-state index in [9.17, 15) is 0 Å². The molecule has 0 spiro atoms. The van der Waals surface area contributed by atoms with Gasteiger partial charge in [0.15, 0.2) is 5.82 Å². The number of hydrogen-bond donors (Lipinski definition) is 2. The first-order valence-electron chi connectivity index (χ1n) is 7.30. The Morgan fingerprint density at radius 3 is 2.67 bits per heavy atom. The molecule has 1 aliphatic rings. The van der Waals surface area contributed by atoms with Crippen LogP contribution >= 0.6 is 0 Å². The van der Waals surface area contributed by atoms with Gasteiger partial charge in [0, 0.05) is 12.3 Å². The molecular weight excluding hydrogens is 224 g/mol. The molecule has 102 valence electrons. The SMILES string of the molecule is CC(C)C[C@H](CN)Cc1nc(C2CCCC2)n[nH]1. The molecule has 0 saturated heterocycles. The van der Waals surface area contributed by atoms with Gasteiger partial charge in [-0.3, -0.25) is 5.10 Å². The van der Waals surface area contributed by atoms with Crippen molar-refractivity contribution < 1.29 is 0 Å². The van der Waals surface area contributed by atoms with Crippen molar-refractivity contribution in [1.29, 1.82) is 0 Å². The van der Waals surface area contributed by atoms with Crippen LogP contribution in [0, 0.1) is 11.8 Å². The summed E-state index contributed by atoms with van der Waals surface area (Å²) in [6, 6.07) is 0. The van der Waals surface area contributed by atoms with Gasteiger partial charge in [-0.15, -0.1) is 0 Å². The zero-order chi connectivity index (χ0) is 13.0. The smallest absolute Gasteiger partial charge is 0.153 e. The van der Waals surface area contributed by atoms with Gasteiger partial charge in [0.1, 0.15) is 5.82 Å². The summed E-state index contributed by atoms with van der Waals surface area (Å²) < 4.78 is 0. The van der Waals surface area contributed by atoms with E-state index in [1.807, 2.05) is 0 Å². The van der Waals surface area contributed by atoms with E-state index in [0.29, 0.717) is 17.8 Å². The van der Waals surface area contributed by atoms with Crippen molar-refractivity contribution in [1.82, 2.24) is 15.2 Å². The van der Waals surface area contributed by atoms with Crippen molar-refractivity contribution in [3.05, 3.63) is 11.6 Å². The lowest BCUT2D eigenvalue weighted by Gasteiger charge is -2.15. The molecular formula is C14H26N4. The van der Waals surface area contributed by atoms with E-state index in [1.165, 1.54) is 25.7 Å². The third-order valence-corrected chi connectivity index (χ3v) is 3.89. The van der Waals surface area contributed by atoms with E-state index in [-0.39, 0.29) is 0 Å². The van der Waals surface area contributed by atoms with Gasteiger partial charge in [0.2, 0.25) is 0 Å². The van der Waals surface area contributed by atoms with E-state index in [2.05, 4.69) is 29.0 Å². The highest BCUT2D eigenvalue weighted by Gasteiger charge is 2.21. The van der Waals surface area contributed by atoms with Crippen LogP contribution in [0.4, 0.5) is 0 Å². The van der Waals surface area contributed by atoms with E-state index < -0.39 is 0 Å². The standard InChI is InChI=1S/C14H26N4/c1-10(2)7-11(9-15)8-13-16-14(18-17-13)12-5-3-4-6-12/h10-12H,3-9,15H2,1-2H3,(H,16,17,18)/t11-/m0/s1. The summed E-state index contributed by atoms with van der Waals surface area (Å²) in [6.45, 7) is 5.22. The zero-order valence-electron chi connectivity index (χ0n) is 11.7. The molecule has 1 saturated carbocycles. The molecule has 0 aliphatic heterocycles. The van der Waals surface area contributed by atoms with Crippen LogP contribution in [0.1, 0.15) is 63.5 Å². The first kappa shape index (κ1) is 13.5. The van der Waals surface area contributed by atoms with Crippen LogP contribution < -0.4 is 5.73 Å². The van der Waals surface area contributed by atoms with Crippen LogP contribution in [0.5, 0.6) is 0 Å². The van der Waals surface area contributed by atoms with Gasteiger partial charge in [-0.05, 0) is 37.6 Å². The minimum absolute atomic E-state index is 0.523. The van der Waals surface area contributed by atoms with Crippen molar-refractivity contribution in [2.45, 2.75) is 58.3 Å². The molecule has 0 bridgehead atoms. The van der Waals surface area contributed by atoms with Crippen LogP contribution in [0.15, 0.2) is 0 Å². The van der Waals surface area contributed by atoms with Crippen LogP contribution in [-0.2, 0) is 6.42 Å². The second kappa shape index (κ2) is 6.32. The van der Waals surface area contributed by atoms with Gasteiger partial charge in [-0.1, -0.05) is 26.7 Å². The van der Waals surface area contributed by atoms with Gasteiger partial charge in [-0.25, -0.2) is 4.98 Å².